The van der Waals surface area contributed by atoms with E-state index in [0.29, 0.717) is 18.8 Å². The lowest BCUT2D eigenvalue weighted by molar-refractivity contribution is -0.138. The number of carbonyl (C=O) groups excluding carboxylic acids is 3. The van der Waals surface area contributed by atoms with Crippen molar-refractivity contribution in [2.75, 3.05) is 19.8 Å². The molecule has 0 amide bonds. The van der Waals surface area contributed by atoms with E-state index in [-0.39, 0.29) is 24.5 Å². The molecule has 0 spiro atoms. The Labute approximate surface area is 150 Å². The number of unbranched alkanes of at least 4 members (excludes halogenated alkanes) is 1. The molecule has 6 nitrogen and oxygen atoms in total. The Hall–Kier alpha value is -2.63. The van der Waals surface area contributed by atoms with Crippen LogP contribution in [0.25, 0.3) is 0 Å². The highest BCUT2D eigenvalue weighted by molar-refractivity contribution is 5.86. The van der Waals surface area contributed by atoms with Gasteiger partial charge in [0, 0.05) is 17.7 Å². The second-order valence-electron chi connectivity index (χ2n) is 4.35. The van der Waals surface area contributed by atoms with Gasteiger partial charge in [-0.2, -0.15) is 0 Å². The molecule has 25 heavy (non-hydrogen) atoms. The molecule has 0 rings (SSSR count). The predicted molar refractivity (Wildman–Crippen MR) is 98.9 cm³/mol. The van der Waals surface area contributed by atoms with Gasteiger partial charge in [0.15, 0.2) is 0 Å². The van der Waals surface area contributed by atoms with E-state index >= 15 is 0 Å². The van der Waals surface area contributed by atoms with Crippen molar-refractivity contribution in [3.63, 3.8) is 0 Å². The van der Waals surface area contributed by atoms with Crippen LogP contribution in [0, 0.1) is 0 Å². The molecule has 0 radical (unpaired) electrons. The van der Waals surface area contributed by atoms with Crippen molar-refractivity contribution >= 4 is 17.9 Å². The molecule has 142 valence electrons. The summed E-state index contributed by atoms with van der Waals surface area (Å²) in [5.74, 6) is -1.05. The smallest absolute Gasteiger partial charge is 0.333 e. The van der Waals surface area contributed by atoms with Gasteiger partial charge >= 0.3 is 17.9 Å². The van der Waals surface area contributed by atoms with E-state index in [9.17, 15) is 14.4 Å². The molecule has 0 aliphatic heterocycles. The Morgan fingerprint density at radius 3 is 1.76 bits per heavy atom. The van der Waals surface area contributed by atoms with E-state index in [0.717, 1.165) is 18.9 Å². The van der Waals surface area contributed by atoms with Crippen molar-refractivity contribution in [3.05, 3.63) is 50.1 Å². The molecule has 0 fully saturated rings. The number of esters is 3. The van der Waals surface area contributed by atoms with E-state index in [2.05, 4.69) is 40.5 Å². The van der Waals surface area contributed by atoms with E-state index in [4.69, 9.17) is 0 Å². The summed E-state index contributed by atoms with van der Waals surface area (Å²) in [7, 11) is 0. The second kappa shape index (κ2) is 21.4. The molecule has 0 aromatic carbocycles. The Bertz CT molecular complexity index is 437. The van der Waals surface area contributed by atoms with Crippen LogP contribution in [0.4, 0.5) is 0 Å². The third kappa shape index (κ3) is 26.6. The molecule has 0 N–H and O–H groups in total. The average Bonchev–Trinajstić information content (AvgIpc) is 2.60. The summed E-state index contributed by atoms with van der Waals surface area (Å²) in [6, 6.07) is 0. The summed E-state index contributed by atoms with van der Waals surface area (Å²) < 4.78 is 13.7. The largest absolute Gasteiger partial charge is 0.463 e. The molecule has 0 aromatic rings. The first-order chi connectivity index (χ1) is 11.8. The molecule has 0 bridgehead atoms. The van der Waals surface area contributed by atoms with E-state index < -0.39 is 0 Å². The maximum Gasteiger partial charge on any atom is 0.333 e. The van der Waals surface area contributed by atoms with Crippen molar-refractivity contribution in [2.45, 2.75) is 33.6 Å². The van der Waals surface area contributed by atoms with Gasteiger partial charge in [-0.25, -0.2) is 14.4 Å². The monoisotopic (exact) mass is 354 g/mol. The first-order valence-corrected chi connectivity index (χ1v) is 7.82. The molecular formula is C19H30O6. The molecule has 0 atom stereocenters. The van der Waals surface area contributed by atoms with Gasteiger partial charge in [-0.05, 0) is 20.3 Å². The van der Waals surface area contributed by atoms with Gasteiger partial charge in [0.2, 0.25) is 0 Å². The van der Waals surface area contributed by atoms with Gasteiger partial charge in [-0.1, -0.05) is 45.7 Å². The van der Waals surface area contributed by atoms with Crippen molar-refractivity contribution < 1.29 is 28.6 Å². The highest BCUT2D eigenvalue weighted by Crippen LogP contribution is 1.90. The molecule has 0 aliphatic rings. The Morgan fingerprint density at radius 1 is 0.920 bits per heavy atom. The Morgan fingerprint density at radius 2 is 1.44 bits per heavy atom. The summed E-state index contributed by atoms with van der Waals surface area (Å²) in [6.07, 6.45) is 5.81. The summed E-state index contributed by atoms with van der Waals surface area (Å²) in [6.45, 7) is 19.8. The van der Waals surface area contributed by atoms with Crippen LogP contribution in [0.1, 0.15) is 33.6 Å². The van der Waals surface area contributed by atoms with Gasteiger partial charge in [-0.3, -0.25) is 0 Å². The van der Waals surface area contributed by atoms with Crippen molar-refractivity contribution in [1.82, 2.24) is 0 Å². The van der Waals surface area contributed by atoms with Crippen LogP contribution < -0.4 is 0 Å². The summed E-state index contributed by atoms with van der Waals surface area (Å²) in [5.41, 5.74) is 0.414. The second-order valence-corrected chi connectivity index (χ2v) is 4.35. The third-order valence-corrected chi connectivity index (χ3v) is 2.04. The number of hydrogen-bond donors (Lipinski definition) is 0. The van der Waals surface area contributed by atoms with Crippen molar-refractivity contribution in [1.29, 1.82) is 0 Å². The fraction of sp³-hybridized carbons (Fsp3) is 0.421. The Balaban J connectivity index is -0.000000293. The third-order valence-electron chi connectivity index (χ3n) is 2.04. The van der Waals surface area contributed by atoms with Gasteiger partial charge in [0.05, 0.1) is 13.2 Å². The van der Waals surface area contributed by atoms with Crippen LogP contribution in [0.5, 0.6) is 0 Å². The lowest BCUT2D eigenvalue weighted by Crippen LogP contribution is -2.03. The van der Waals surface area contributed by atoms with Crippen LogP contribution in [-0.4, -0.2) is 37.7 Å². The highest BCUT2D eigenvalue weighted by atomic mass is 16.5. The fourth-order valence-electron chi connectivity index (χ4n) is 0.835. The molecule has 0 heterocycles. The topological polar surface area (TPSA) is 78.9 Å². The zero-order chi connectivity index (χ0) is 20.1. The fourth-order valence-corrected chi connectivity index (χ4v) is 0.835. The number of ether oxygens (including phenoxy) is 3. The first-order valence-electron chi connectivity index (χ1n) is 7.82. The standard InChI is InChI=1S/C7H10O2.C7H12O2.C5H8O2/c1-4-5-9-7(8)6(2)3;1-3-5-6-9-7(8)4-2;1-3-5(6)7-4-2/h4H,1-2,5H2,3H3;4H,2-3,5-6H2,1H3;3H,1,4H2,2H3. The number of rotatable bonds is 9. The molecule has 0 saturated heterocycles. The van der Waals surface area contributed by atoms with E-state index in [1.54, 1.807) is 13.8 Å². The molecule has 0 saturated carbocycles. The minimum absolute atomic E-state index is 0.256. The first kappa shape index (κ1) is 27.2. The van der Waals surface area contributed by atoms with Gasteiger partial charge in [0.25, 0.3) is 0 Å². The predicted octanol–water partition coefficient (Wildman–Crippen LogP) is 3.54. The van der Waals surface area contributed by atoms with Gasteiger partial charge < -0.3 is 14.2 Å². The number of carbonyl (C=O) groups is 3. The minimum atomic E-state index is -0.366. The van der Waals surface area contributed by atoms with Gasteiger partial charge in [-0.15, -0.1) is 0 Å². The highest BCUT2D eigenvalue weighted by Gasteiger charge is 1.98. The lowest BCUT2D eigenvalue weighted by Gasteiger charge is -1.97. The molecule has 0 unspecified atom stereocenters. The Kier molecular flexibility index (Phi) is 23.3. The summed E-state index contributed by atoms with van der Waals surface area (Å²) in [5, 5.41) is 0. The zero-order valence-corrected chi connectivity index (χ0v) is 15.5. The quantitative estimate of drug-likeness (QED) is 0.207. The maximum atomic E-state index is 10.5. The van der Waals surface area contributed by atoms with Gasteiger partial charge in [0.1, 0.15) is 6.61 Å². The molecule has 0 aromatic heterocycles. The van der Waals surface area contributed by atoms with Crippen molar-refractivity contribution in [3.8, 4) is 0 Å². The van der Waals surface area contributed by atoms with Crippen LogP contribution >= 0.6 is 0 Å². The summed E-state index contributed by atoms with van der Waals surface area (Å²) >= 11 is 0. The van der Waals surface area contributed by atoms with E-state index in [1.165, 1.54) is 12.2 Å². The zero-order valence-electron chi connectivity index (χ0n) is 15.5. The summed E-state index contributed by atoms with van der Waals surface area (Å²) in [4.78, 5) is 31.0. The molecule has 0 aliphatic carbocycles. The number of hydrogen-bond acceptors (Lipinski definition) is 6. The maximum absolute atomic E-state index is 10.5. The van der Waals surface area contributed by atoms with Crippen LogP contribution in [0.2, 0.25) is 0 Å². The molecule has 6 heteroatoms. The minimum Gasteiger partial charge on any atom is -0.463 e. The lowest BCUT2D eigenvalue weighted by atomic mass is 10.4. The SMILES string of the molecule is C=CC(=O)OCC.C=CC(=O)OCCCC.C=CCOC(=O)C(=C)C. The van der Waals surface area contributed by atoms with Crippen molar-refractivity contribution in [2.24, 2.45) is 0 Å². The molecular weight excluding hydrogens is 324 g/mol. The normalized spacial score (nSPS) is 8.12. The van der Waals surface area contributed by atoms with Crippen LogP contribution in [0.3, 0.4) is 0 Å². The average molecular weight is 354 g/mol. The van der Waals surface area contributed by atoms with Crippen LogP contribution in [0.15, 0.2) is 50.1 Å². The van der Waals surface area contributed by atoms with Crippen LogP contribution in [-0.2, 0) is 28.6 Å². The van der Waals surface area contributed by atoms with E-state index in [1.807, 2.05) is 6.92 Å².